The van der Waals surface area contributed by atoms with Crippen molar-refractivity contribution in [3.8, 4) is 5.69 Å². The lowest BCUT2D eigenvalue weighted by Gasteiger charge is -2.10. The molecule has 2 nitrogen and oxygen atoms in total. The summed E-state index contributed by atoms with van der Waals surface area (Å²) < 4.78 is 26.9. The molecule has 5 heteroatoms. The zero-order chi connectivity index (χ0) is 10.9. The summed E-state index contributed by atoms with van der Waals surface area (Å²) in [7, 11) is 0. The van der Waals surface area contributed by atoms with Crippen molar-refractivity contribution in [2.75, 3.05) is 0 Å². The molecule has 0 aliphatic carbocycles. The molecular weight excluding hydrogens is 222 g/mol. The van der Waals surface area contributed by atoms with Crippen molar-refractivity contribution < 1.29 is 8.78 Å². The summed E-state index contributed by atoms with van der Waals surface area (Å²) >= 11 is 4.93. The van der Waals surface area contributed by atoms with Crippen LogP contribution in [0.15, 0.2) is 36.5 Å². The molecular formula is C10H6ClF2N2. The Bertz CT molecular complexity index is 448. The zero-order valence-corrected chi connectivity index (χ0v) is 8.25. The van der Waals surface area contributed by atoms with E-state index in [0.717, 1.165) is 4.68 Å². The number of hydrogen-bond acceptors (Lipinski definition) is 1. The maximum Gasteiger partial charge on any atom is 0.365 e. The first-order valence-electron chi connectivity index (χ1n) is 4.17. The number of halogens is 3. The minimum Gasteiger partial charge on any atom is -0.230 e. The molecule has 1 radical (unpaired) electrons. The summed E-state index contributed by atoms with van der Waals surface area (Å²) in [6.45, 7) is 0. The van der Waals surface area contributed by atoms with E-state index in [9.17, 15) is 8.78 Å². The van der Waals surface area contributed by atoms with Gasteiger partial charge in [-0.05, 0) is 23.7 Å². The van der Waals surface area contributed by atoms with E-state index in [1.165, 1.54) is 6.20 Å². The second kappa shape index (κ2) is 3.62. The van der Waals surface area contributed by atoms with Crippen molar-refractivity contribution >= 4 is 11.6 Å². The normalized spacial score (nSPS) is 11.7. The number of hydrogen-bond donors (Lipinski definition) is 0. The lowest BCUT2D eigenvalue weighted by Crippen LogP contribution is -2.12. The molecule has 2 aromatic rings. The van der Waals surface area contributed by atoms with Gasteiger partial charge in [0.05, 0.1) is 11.9 Å². The SMILES string of the molecule is FC(F)(Cl)c1[c]cnn1-c1ccccc1. The molecule has 0 aliphatic rings. The van der Waals surface area contributed by atoms with E-state index in [2.05, 4.69) is 11.2 Å². The highest BCUT2D eigenvalue weighted by atomic mass is 35.5. The molecule has 0 bridgehead atoms. The topological polar surface area (TPSA) is 17.8 Å². The average molecular weight is 228 g/mol. The van der Waals surface area contributed by atoms with Crippen LogP contribution >= 0.6 is 11.6 Å². The Morgan fingerprint density at radius 3 is 2.53 bits per heavy atom. The molecule has 0 spiro atoms. The van der Waals surface area contributed by atoms with Crippen molar-refractivity contribution in [3.63, 3.8) is 0 Å². The van der Waals surface area contributed by atoms with Gasteiger partial charge in [0, 0.05) is 6.07 Å². The molecule has 0 atom stereocenters. The van der Waals surface area contributed by atoms with Crippen molar-refractivity contribution in [1.29, 1.82) is 0 Å². The van der Waals surface area contributed by atoms with E-state index in [1.54, 1.807) is 30.3 Å². The molecule has 2 rings (SSSR count). The molecule has 1 aromatic carbocycles. The number of aromatic nitrogens is 2. The molecule has 0 unspecified atom stereocenters. The minimum absolute atomic E-state index is 0.463. The van der Waals surface area contributed by atoms with Crippen molar-refractivity contribution in [2.45, 2.75) is 5.38 Å². The molecule has 1 heterocycles. The predicted octanol–water partition coefficient (Wildman–Crippen LogP) is 2.96. The van der Waals surface area contributed by atoms with E-state index >= 15 is 0 Å². The second-order valence-electron chi connectivity index (χ2n) is 2.88. The Labute approximate surface area is 90.1 Å². The van der Waals surface area contributed by atoms with Gasteiger partial charge in [-0.15, -0.1) is 0 Å². The Morgan fingerprint density at radius 2 is 1.93 bits per heavy atom. The fourth-order valence-corrected chi connectivity index (χ4v) is 1.37. The van der Waals surface area contributed by atoms with Crippen LogP contribution in [-0.2, 0) is 5.38 Å². The molecule has 1 aromatic heterocycles. The van der Waals surface area contributed by atoms with Crippen LogP contribution in [0.25, 0.3) is 5.69 Å². The molecule has 0 saturated carbocycles. The van der Waals surface area contributed by atoms with Gasteiger partial charge in [0.1, 0.15) is 5.69 Å². The highest BCUT2D eigenvalue weighted by molar-refractivity contribution is 6.21. The van der Waals surface area contributed by atoms with E-state index in [0.29, 0.717) is 5.69 Å². The molecule has 15 heavy (non-hydrogen) atoms. The monoisotopic (exact) mass is 227 g/mol. The third kappa shape index (κ3) is 1.99. The van der Waals surface area contributed by atoms with Crippen molar-refractivity contribution in [2.24, 2.45) is 0 Å². The van der Waals surface area contributed by atoms with Gasteiger partial charge in [-0.25, -0.2) is 4.68 Å². The lowest BCUT2D eigenvalue weighted by molar-refractivity contribution is 0.0867. The fraction of sp³-hybridized carbons (Fsp3) is 0.100. The van der Waals surface area contributed by atoms with Gasteiger partial charge in [-0.2, -0.15) is 13.9 Å². The van der Waals surface area contributed by atoms with Gasteiger partial charge < -0.3 is 0 Å². The highest BCUT2D eigenvalue weighted by Gasteiger charge is 2.32. The van der Waals surface area contributed by atoms with Gasteiger partial charge in [0.25, 0.3) is 0 Å². The molecule has 0 amide bonds. The zero-order valence-electron chi connectivity index (χ0n) is 7.49. The van der Waals surface area contributed by atoms with Crippen LogP contribution in [0.1, 0.15) is 5.69 Å². The van der Waals surface area contributed by atoms with E-state index in [-0.39, 0.29) is 0 Å². The largest absolute Gasteiger partial charge is 0.365 e. The third-order valence-electron chi connectivity index (χ3n) is 1.86. The van der Waals surface area contributed by atoms with Gasteiger partial charge >= 0.3 is 5.38 Å². The molecule has 77 valence electrons. The Kier molecular flexibility index (Phi) is 2.44. The first-order chi connectivity index (χ1) is 7.09. The van der Waals surface area contributed by atoms with Crippen LogP contribution < -0.4 is 0 Å². The summed E-state index contributed by atoms with van der Waals surface area (Å²) in [6.07, 6.45) is 1.17. The summed E-state index contributed by atoms with van der Waals surface area (Å²) in [5.74, 6) is 0. The minimum atomic E-state index is -3.47. The van der Waals surface area contributed by atoms with Gasteiger partial charge in [-0.1, -0.05) is 18.2 Å². The maximum atomic E-state index is 12.9. The van der Waals surface area contributed by atoms with Crippen LogP contribution in [0.5, 0.6) is 0 Å². The number of rotatable bonds is 2. The Hall–Kier alpha value is -1.42. The van der Waals surface area contributed by atoms with E-state index in [1.807, 2.05) is 0 Å². The van der Waals surface area contributed by atoms with Crippen LogP contribution in [0.2, 0.25) is 0 Å². The van der Waals surface area contributed by atoms with Crippen LogP contribution in [0.3, 0.4) is 0 Å². The lowest BCUT2D eigenvalue weighted by atomic mass is 10.3. The average Bonchev–Trinajstić information content (AvgIpc) is 2.67. The maximum absolute atomic E-state index is 12.9. The summed E-state index contributed by atoms with van der Waals surface area (Å²) in [5, 5.41) is 0.284. The van der Waals surface area contributed by atoms with Gasteiger partial charge in [0.2, 0.25) is 0 Å². The predicted molar refractivity (Wildman–Crippen MR) is 52.1 cm³/mol. The summed E-state index contributed by atoms with van der Waals surface area (Å²) in [6, 6.07) is 10.9. The second-order valence-corrected chi connectivity index (χ2v) is 3.36. The standard InChI is InChI=1S/C10H6ClF2N2/c11-10(12,13)9-6-7-14-15(9)8-4-2-1-3-5-8/h1-5,7H. The Balaban J connectivity index is 2.51. The van der Waals surface area contributed by atoms with Crippen molar-refractivity contribution in [3.05, 3.63) is 48.3 Å². The number of alkyl halides is 3. The molecule has 0 saturated heterocycles. The fourth-order valence-electron chi connectivity index (χ4n) is 1.23. The number of benzene rings is 1. The van der Waals surface area contributed by atoms with Gasteiger partial charge in [-0.3, -0.25) is 0 Å². The smallest absolute Gasteiger partial charge is 0.230 e. The van der Waals surface area contributed by atoms with Crippen LogP contribution in [-0.4, -0.2) is 9.78 Å². The first kappa shape index (κ1) is 10.1. The molecule has 0 N–H and O–H groups in total. The van der Waals surface area contributed by atoms with Crippen LogP contribution in [0, 0.1) is 6.07 Å². The van der Waals surface area contributed by atoms with E-state index in [4.69, 9.17) is 11.6 Å². The summed E-state index contributed by atoms with van der Waals surface area (Å²) in [4.78, 5) is 0. The Morgan fingerprint density at radius 1 is 1.27 bits per heavy atom. The highest BCUT2D eigenvalue weighted by Crippen LogP contribution is 2.32. The molecule has 0 aliphatic heterocycles. The van der Waals surface area contributed by atoms with E-state index < -0.39 is 11.1 Å². The third-order valence-corrected chi connectivity index (χ3v) is 2.03. The van der Waals surface area contributed by atoms with Crippen LogP contribution in [0.4, 0.5) is 8.78 Å². The summed E-state index contributed by atoms with van der Waals surface area (Å²) in [5.41, 5.74) is 0.0597. The number of para-hydroxylation sites is 1. The quantitative estimate of drug-likeness (QED) is 0.722. The number of nitrogens with zero attached hydrogens (tertiary/aromatic N) is 2. The first-order valence-corrected chi connectivity index (χ1v) is 4.55. The molecule has 0 fully saturated rings. The van der Waals surface area contributed by atoms with Gasteiger partial charge in [0.15, 0.2) is 0 Å². The van der Waals surface area contributed by atoms with Crippen molar-refractivity contribution in [1.82, 2.24) is 9.78 Å².